The van der Waals surface area contributed by atoms with Gasteiger partial charge in [-0.15, -0.1) is 0 Å². The van der Waals surface area contributed by atoms with Crippen molar-refractivity contribution in [2.24, 2.45) is 13.0 Å². The molecule has 0 bridgehead atoms. The fourth-order valence-electron chi connectivity index (χ4n) is 5.65. The third-order valence-corrected chi connectivity index (χ3v) is 9.36. The first kappa shape index (κ1) is 34.3. The minimum atomic E-state index is -0.742. The van der Waals surface area contributed by atoms with Crippen LogP contribution >= 0.6 is 24.0 Å². The van der Waals surface area contributed by atoms with Crippen molar-refractivity contribution in [1.29, 1.82) is 5.26 Å². The van der Waals surface area contributed by atoms with Gasteiger partial charge in [0.05, 0.1) is 17.4 Å². The summed E-state index contributed by atoms with van der Waals surface area (Å²) in [5.74, 6) is -0.949. The van der Waals surface area contributed by atoms with Crippen LogP contribution in [-0.4, -0.2) is 63.0 Å². The highest BCUT2D eigenvalue weighted by Crippen LogP contribution is 2.37. The van der Waals surface area contributed by atoms with Crippen LogP contribution in [-0.2, 0) is 26.2 Å². The Morgan fingerprint density at radius 2 is 1.79 bits per heavy atom. The molecule has 1 amide bonds. The number of aliphatic carboxylic acids is 1. The van der Waals surface area contributed by atoms with Crippen molar-refractivity contribution in [3.63, 3.8) is 0 Å². The molecule has 234 valence electrons. The fraction of sp³-hybridized carbons (Fsp3) is 0.613. The number of amides is 1. The number of pyridine rings is 1. The van der Waals surface area contributed by atoms with Crippen LogP contribution < -0.4 is 10.5 Å². The van der Waals surface area contributed by atoms with Gasteiger partial charge in [0.1, 0.15) is 21.8 Å². The number of esters is 1. The van der Waals surface area contributed by atoms with Crippen molar-refractivity contribution >= 4 is 58.0 Å². The lowest BCUT2D eigenvalue weighted by Crippen LogP contribution is -2.42. The number of carboxylic acids is 1. The first-order chi connectivity index (χ1) is 20.6. The van der Waals surface area contributed by atoms with Crippen LogP contribution in [0.2, 0.25) is 0 Å². The number of hydrogen-bond donors (Lipinski definition) is 1. The number of nitrogens with zero attached hydrogens (tertiary/aromatic N) is 4. The van der Waals surface area contributed by atoms with Gasteiger partial charge in [-0.2, -0.15) is 5.26 Å². The minimum absolute atomic E-state index is 0.0221. The second-order valence-corrected chi connectivity index (χ2v) is 12.7. The topological polar surface area (TPSA) is 133 Å². The zero-order valence-electron chi connectivity index (χ0n) is 25.4. The summed E-state index contributed by atoms with van der Waals surface area (Å²) in [6.45, 7) is 5.31. The average molecular weight is 631 g/mol. The molecule has 0 saturated carbocycles. The number of hydrogen-bond acceptors (Lipinski definition) is 9. The van der Waals surface area contributed by atoms with E-state index < -0.39 is 11.5 Å². The van der Waals surface area contributed by atoms with Crippen molar-refractivity contribution in [3.05, 3.63) is 31.9 Å². The maximum Gasteiger partial charge on any atom is 0.310 e. The molecule has 3 rings (SSSR count). The largest absolute Gasteiger partial charge is 0.481 e. The molecule has 0 aromatic carbocycles. The van der Waals surface area contributed by atoms with Crippen LogP contribution in [0.1, 0.15) is 94.2 Å². The molecule has 2 saturated heterocycles. The van der Waals surface area contributed by atoms with Gasteiger partial charge in [-0.25, -0.2) is 0 Å². The Balaban J connectivity index is 1.72. The Bertz CT molecular complexity index is 1350. The Morgan fingerprint density at radius 3 is 2.42 bits per heavy atom. The standard InChI is InChI=1S/C31H42N4O6S2/c1-4-41-30(40)22-14-13-16-34(20-22)27-23(21(2)24(19-32)28(38)33(27)3)18-25-29(39)35(31(42)43-25)17-12-10-8-6-5-7-9-11-15-26(36)37/h18,22H,4-17,20H2,1-3H3,(H,36,37)/b25-18-. The van der Waals surface area contributed by atoms with E-state index in [2.05, 4.69) is 0 Å². The first-order valence-electron chi connectivity index (χ1n) is 15.1. The van der Waals surface area contributed by atoms with E-state index in [1.165, 1.54) is 16.3 Å². The Hall–Kier alpha value is -3.17. The van der Waals surface area contributed by atoms with Gasteiger partial charge in [0.25, 0.3) is 11.5 Å². The van der Waals surface area contributed by atoms with Crippen LogP contribution in [0.4, 0.5) is 5.82 Å². The number of thioether (sulfide) groups is 1. The second-order valence-electron chi connectivity index (χ2n) is 11.1. The zero-order chi connectivity index (χ0) is 31.5. The number of unbranched alkanes of at least 4 members (excludes halogenated alkanes) is 7. The lowest BCUT2D eigenvalue weighted by Gasteiger charge is -2.35. The molecule has 1 unspecified atom stereocenters. The van der Waals surface area contributed by atoms with E-state index in [4.69, 9.17) is 22.1 Å². The Morgan fingerprint density at radius 1 is 1.14 bits per heavy atom. The number of carboxylic acid groups (broad SMARTS) is 1. The summed E-state index contributed by atoms with van der Waals surface area (Å²) in [6.07, 6.45) is 11.1. The number of carbonyl (C=O) groups is 3. The van der Waals surface area contributed by atoms with E-state index in [9.17, 15) is 24.4 Å². The van der Waals surface area contributed by atoms with Crippen molar-refractivity contribution in [1.82, 2.24) is 9.47 Å². The third kappa shape index (κ3) is 8.92. The first-order valence-corrected chi connectivity index (χ1v) is 16.4. The summed E-state index contributed by atoms with van der Waals surface area (Å²) < 4.78 is 7.19. The molecule has 10 nitrogen and oxygen atoms in total. The van der Waals surface area contributed by atoms with Crippen LogP contribution in [0, 0.1) is 24.2 Å². The highest BCUT2D eigenvalue weighted by Gasteiger charge is 2.34. The molecular formula is C31H42N4O6S2. The molecule has 1 aromatic heterocycles. The highest BCUT2D eigenvalue weighted by atomic mass is 32.2. The molecule has 2 fully saturated rings. The summed E-state index contributed by atoms with van der Waals surface area (Å²) in [5, 5.41) is 18.5. The van der Waals surface area contributed by atoms with E-state index in [-0.39, 0.29) is 29.8 Å². The number of ether oxygens (including phenoxy) is 1. The van der Waals surface area contributed by atoms with Gasteiger partial charge in [0.15, 0.2) is 0 Å². The molecule has 12 heteroatoms. The van der Waals surface area contributed by atoms with Gasteiger partial charge in [0.2, 0.25) is 0 Å². The van der Waals surface area contributed by atoms with Gasteiger partial charge >= 0.3 is 11.9 Å². The zero-order valence-corrected chi connectivity index (χ0v) is 27.0. The number of piperidine rings is 1. The number of aromatic nitrogens is 1. The molecule has 1 atom stereocenters. The Labute approximate surface area is 263 Å². The Kier molecular flexibility index (Phi) is 13.3. The van der Waals surface area contributed by atoms with E-state index in [1.54, 1.807) is 31.9 Å². The van der Waals surface area contributed by atoms with E-state index in [0.29, 0.717) is 58.8 Å². The van der Waals surface area contributed by atoms with E-state index in [0.717, 1.165) is 57.8 Å². The maximum absolute atomic E-state index is 13.5. The molecule has 1 aromatic rings. The average Bonchev–Trinajstić information content (AvgIpc) is 3.24. The summed E-state index contributed by atoms with van der Waals surface area (Å²) in [7, 11) is 1.62. The number of rotatable bonds is 15. The molecule has 2 aliphatic rings. The summed E-state index contributed by atoms with van der Waals surface area (Å²) in [6, 6.07) is 2.03. The molecule has 1 N–H and O–H groups in total. The van der Waals surface area contributed by atoms with Crippen molar-refractivity contribution in [3.8, 4) is 6.07 Å². The molecule has 0 aliphatic carbocycles. The number of carbonyl (C=O) groups excluding carboxylic acids is 2. The molecule has 0 radical (unpaired) electrons. The van der Waals surface area contributed by atoms with Gasteiger partial charge in [-0.05, 0) is 51.2 Å². The highest BCUT2D eigenvalue weighted by molar-refractivity contribution is 8.26. The normalized spacial score (nSPS) is 17.9. The van der Waals surface area contributed by atoms with Crippen LogP contribution in [0.3, 0.4) is 0 Å². The second kappa shape index (κ2) is 16.6. The van der Waals surface area contributed by atoms with Crippen LogP contribution in [0.15, 0.2) is 9.70 Å². The molecule has 3 heterocycles. The SMILES string of the molecule is CCOC(=O)C1CCCN(c2c(/C=C3\SC(=S)N(CCCCCCCCCCC(=O)O)C3=O)c(C)c(C#N)c(=O)n2C)C1. The molecule has 2 aliphatic heterocycles. The summed E-state index contributed by atoms with van der Waals surface area (Å²) in [5.41, 5.74) is 0.700. The molecule has 0 spiro atoms. The smallest absolute Gasteiger partial charge is 0.310 e. The number of thiocarbonyl (C=S) groups is 1. The van der Waals surface area contributed by atoms with Crippen molar-refractivity contribution in [2.75, 3.05) is 31.1 Å². The number of nitriles is 1. The molecule has 43 heavy (non-hydrogen) atoms. The maximum atomic E-state index is 13.5. The van der Waals surface area contributed by atoms with Crippen LogP contribution in [0.5, 0.6) is 0 Å². The van der Waals surface area contributed by atoms with Crippen molar-refractivity contribution < 1.29 is 24.2 Å². The van der Waals surface area contributed by atoms with E-state index in [1.807, 2.05) is 11.0 Å². The van der Waals surface area contributed by atoms with Crippen LogP contribution in [0.25, 0.3) is 6.08 Å². The predicted octanol–water partition coefficient (Wildman–Crippen LogP) is 5.14. The molecular weight excluding hydrogens is 588 g/mol. The minimum Gasteiger partial charge on any atom is -0.481 e. The van der Waals surface area contributed by atoms with Gasteiger partial charge in [0, 0.05) is 38.7 Å². The predicted molar refractivity (Wildman–Crippen MR) is 172 cm³/mol. The monoisotopic (exact) mass is 630 g/mol. The summed E-state index contributed by atoms with van der Waals surface area (Å²) >= 11 is 6.78. The van der Waals surface area contributed by atoms with Gasteiger partial charge in [-0.3, -0.25) is 28.6 Å². The van der Waals surface area contributed by atoms with E-state index >= 15 is 0 Å². The van der Waals surface area contributed by atoms with Crippen molar-refractivity contribution in [2.45, 2.75) is 84.5 Å². The number of anilines is 1. The quantitative estimate of drug-likeness (QED) is 0.120. The van der Waals surface area contributed by atoms with Gasteiger partial charge in [-0.1, -0.05) is 62.5 Å². The third-order valence-electron chi connectivity index (χ3n) is 7.98. The fourth-order valence-corrected chi connectivity index (χ4v) is 6.94. The lowest BCUT2D eigenvalue weighted by molar-refractivity contribution is -0.148. The summed E-state index contributed by atoms with van der Waals surface area (Å²) in [4.78, 5) is 53.7. The van der Waals surface area contributed by atoms with Gasteiger partial charge < -0.3 is 14.7 Å². The lowest BCUT2D eigenvalue weighted by atomic mass is 9.96.